The lowest BCUT2D eigenvalue weighted by Crippen LogP contribution is -2.30. The summed E-state index contributed by atoms with van der Waals surface area (Å²) in [6, 6.07) is 0. The van der Waals surface area contributed by atoms with Gasteiger partial charge in [0.1, 0.15) is 19.3 Å². The fourth-order valence-corrected chi connectivity index (χ4v) is 12.1. The van der Waals surface area contributed by atoms with Gasteiger partial charge in [-0.3, -0.25) is 37.3 Å². The lowest BCUT2D eigenvalue weighted by atomic mass is 9.99. The number of phosphoric ester groups is 2. The number of rotatable bonds is 68. The highest BCUT2D eigenvalue weighted by Gasteiger charge is 2.30. The first kappa shape index (κ1) is 87.1. The smallest absolute Gasteiger partial charge is 0.462 e. The van der Waals surface area contributed by atoms with Crippen LogP contribution in [0.15, 0.2) is 0 Å². The minimum absolute atomic E-state index is 0.105. The zero-order valence-electron chi connectivity index (χ0n) is 57.9. The summed E-state index contributed by atoms with van der Waals surface area (Å²) in [5.74, 6) is 0.139. The van der Waals surface area contributed by atoms with Crippen LogP contribution in [0.25, 0.3) is 0 Å². The van der Waals surface area contributed by atoms with Crippen LogP contribution < -0.4 is 0 Å². The molecule has 0 saturated carbocycles. The van der Waals surface area contributed by atoms with Crippen LogP contribution in [0.4, 0.5) is 0 Å². The van der Waals surface area contributed by atoms with Gasteiger partial charge in [0.25, 0.3) is 0 Å². The minimum Gasteiger partial charge on any atom is -0.462 e. The van der Waals surface area contributed by atoms with E-state index in [-0.39, 0.29) is 25.7 Å². The van der Waals surface area contributed by atoms with Crippen LogP contribution in [0.1, 0.15) is 350 Å². The molecule has 89 heavy (non-hydrogen) atoms. The zero-order valence-corrected chi connectivity index (χ0v) is 59.7. The molecule has 0 amide bonds. The average Bonchev–Trinajstić information content (AvgIpc) is 3.70. The van der Waals surface area contributed by atoms with Crippen LogP contribution in [0.3, 0.4) is 0 Å². The third-order valence-electron chi connectivity index (χ3n) is 16.5. The molecule has 19 heteroatoms. The summed E-state index contributed by atoms with van der Waals surface area (Å²) in [6.07, 6.45) is 44.4. The molecule has 0 bridgehead atoms. The topological polar surface area (TPSA) is 237 Å². The van der Waals surface area contributed by atoms with Crippen molar-refractivity contribution in [1.82, 2.24) is 0 Å². The van der Waals surface area contributed by atoms with Crippen LogP contribution >= 0.6 is 15.6 Å². The second-order valence-corrected chi connectivity index (χ2v) is 29.4. The third-order valence-corrected chi connectivity index (χ3v) is 18.4. The van der Waals surface area contributed by atoms with Crippen molar-refractivity contribution < 1.29 is 80.2 Å². The summed E-state index contributed by atoms with van der Waals surface area (Å²) >= 11 is 0. The van der Waals surface area contributed by atoms with E-state index in [1.165, 1.54) is 154 Å². The Hall–Kier alpha value is -1.94. The van der Waals surface area contributed by atoms with Gasteiger partial charge in [0.2, 0.25) is 0 Å². The molecule has 0 aliphatic carbocycles. The number of aliphatic hydroxyl groups excluding tert-OH is 1. The Morgan fingerprint density at radius 1 is 0.326 bits per heavy atom. The molecule has 0 heterocycles. The fourth-order valence-electron chi connectivity index (χ4n) is 10.5. The zero-order chi connectivity index (χ0) is 65.9. The molecule has 528 valence electrons. The van der Waals surface area contributed by atoms with Crippen molar-refractivity contribution in [3.63, 3.8) is 0 Å². The largest absolute Gasteiger partial charge is 0.472 e. The Morgan fingerprint density at radius 2 is 0.573 bits per heavy atom. The molecule has 17 nitrogen and oxygen atoms in total. The van der Waals surface area contributed by atoms with Gasteiger partial charge in [-0.2, -0.15) is 0 Å². The summed E-state index contributed by atoms with van der Waals surface area (Å²) in [5.41, 5.74) is 0. The normalized spacial score (nSPS) is 14.5. The maximum atomic E-state index is 13.0. The van der Waals surface area contributed by atoms with Gasteiger partial charge in [-0.1, -0.05) is 299 Å². The number of phosphoric acid groups is 2. The number of hydrogen-bond donors (Lipinski definition) is 3. The summed E-state index contributed by atoms with van der Waals surface area (Å²) in [5, 5.41) is 10.6. The third kappa shape index (κ3) is 63.2. The van der Waals surface area contributed by atoms with Gasteiger partial charge in [0.15, 0.2) is 12.2 Å². The number of carbonyl (C=O) groups excluding carboxylic acids is 4. The standard InChI is InChI=1S/C70H136O17P2/c1-8-10-11-12-13-14-17-25-30-39-46-53-69(74)87-66(58-81-68(73)52-45-38-33-32-35-42-49-62(5)6)60-85-89(78,79)83-56-64(71)55-82-88(76,77)84-59-65(57-80-67(72)51-44-37-29-24-21-20-23-28-36-43-50-63(7)9-2)86-70(75)54-47-40-31-26-19-16-15-18-22-27-34-41-48-61(3)4/h61-66,71H,8-60H2,1-7H3,(H,76,77)(H,78,79)/t63?,64-,65-,66-/m1/s1. The van der Waals surface area contributed by atoms with Gasteiger partial charge in [-0.15, -0.1) is 0 Å². The van der Waals surface area contributed by atoms with Gasteiger partial charge in [-0.05, 0) is 43.4 Å². The van der Waals surface area contributed by atoms with E-state index in [4.69, 9.17) is 37.0 Å². The quantitative estimate of drug-likeness (QED) is 0.0222. The maximum absolute atomic E-state index is 13.0. The average molecular weight is 1310 g/mol. The summed E-state index contributed by atoms with van der Waals surface area (Å²) < 4.78 is 68.3. The van der Waals surface area contributed by atoms with Crippen LogP contribution in [0.5, 0.6) is 0 Å². The first-order valence-electron chi connectivity index (χ1n) is 36.4. The molecule has 0 radical (unpaired) electrons. The molecule has 0 aromatic heterocycles. The molecular weight excluding hydrogens is 1170 g/mol. The number of aliphatic hydroxyl groups is 1. The molecule has 0 aromatic rings. The van der Waals surface area contributed by atoms with Gasteiger partial charge in [-0.25, -0.2) is 9.13 Å². The highest BCUT2D eigenvalue weighted by Crippen LogP contribution is 2.45. The van der Waals surface area contributed by atoms with E-state index in [0.717, 1.165) is 108 Å². The number of ether oxygens (including phenoxy) is 4. The number of unbranched alkanes of at least 4 members (excludes halogenated alkanes) is 35. The van der Waals surface area contributed by atoms with Crippen molar-refractivity contribution in [2.75, 3.05) is 39.6 Å². The Morgan fingerprint density at radius 3 is 0.854 bits per heavy atom. The van der Waals surface area contributed by atoms with E-state index >= 15 is 0 Å². The second-order valence-electron chi connectivity index (χ2n) is 26.5. The molecule has 6 atom stereocenters. The number of carbonyl (C=O) groups is 4. The van der Waals surface area contributed by atoms with Crippen LogP contribution in [-0.4, -0.2) is 96.7 Å². The second kappa shape index (κ2) is 61.0. The molecule has 0 rings (SSSR count). The Kier molecular flexibility index (Phi) is 59.6. The van der Waals surface area contributed by atoms with Crippen molar-refractivity contribution >= 4 is 39.5 Å². The van der Waals surface area contributed by atoms with Gasteiger partial charge >= 0.3 is 39.5 Å². The van der Waals surface area contributed by atoms with Gasteiger partial charge < -0.3 is 33.8 Å². The lowest BCUT2D eigenvalue weighted by molar-refractivity contribution is -0.161. The van der Waals surface area contributed by atoms with E-state index in [1.807, 2.05) is 0 Å². The Balaban J connectivity index is 5.25. The number of esters is 4. The molecule has 0 aromatic carbocycles. The molecular formula is C70H136O17P2. The van der Waals surface area contributed by atoms with E-state index in [1.54, 1.807) is 0 Å². The highest BCUT2D eigenvalue weighted by atomic mass is 31.2. The van der Waals surface area contributed by atoms with Crippen LogP contribution in [-0.2, 0) is 65.4 Å². The summed E-state index contributed by atoms with van der Waals surface area (Å²) in [7, 11) is -9.90. The lowest BCUT2D eigenvalue weighted by Gasteiger charge is -2.21. The molecule has 0 fully saturated rings. The predicted octanol–water partition coefficient (Wildman–Crippen LogP) is 19.8. The molecule has 0 aliphatic heterocycles. The first-order valence-corrected chi connectivity index (χ1v) is 39.4. The molecule has 3 unspecified atom stereocenters. The molecule has 3 N–H and O–H groups in total. The van der Waals surface area contributed by atoms with E-state index in [0.29, 0.717) is 31.6 Å². The number of hydrogen-bond acceptors (Lipinski definition) is 15. The van der Waals surface area contributed by atoms with Gasteiger partial charge in [0.05, 0.1) is 26.4 Å². The van der Waals surface area contributed by atoms with Crippen molar-refractivity contribution in [2.24, 2.45) is 17.8 Å². The van der Waals surface area contributed by atoms with E-state index < -0.39 is 97.5 Å². The van der Waals surface area contributed by atoms with E-state index in [2.05, 4.69) is 48.5 Å². The summed E-state index contributed by atoms with van der Waals surface area (Å²) in [6.45, 7) is 11.8. The fraction of sp³-hybridized carbons (Fsp3) is 0.943. The highest BCUT2D eigenvalue weighted by molar-refractivity contribution is 7.47. The Labute approximate surface area is 543 Å². The molecule has 0 spiro atoms. The molecule has 0 aliphatic rings. The van der Waals surface area contributed by atoms with Crippen LogP contribution in [0, 0.1) is 17.8 Å². The van der Waals surface area contributed by atoms with Crippen molar-refractivity contribution in [3.8, 4) is 0 Å². The first-order chi connectivity index (χ1) is 42.8. The van der Waals surface area contributed by atoms with Gasteiger partial charge in [0, 0.05) is 25.7 Å². The van der Waals surface area contributed by atoms with Crippen molar-refractivity contribution in [3.05, 3.63) is 0 Å². The van der Waals surface area contributed by atoms with Crippen LogP contribution in [0.2, 0.25) is 0 Å². The minimum atomic E-state index is -4.95. The van der Waals surface area contributed by atoms with E-state index in [9.17, 15) is 43.2 Å². The van der Waals surface area contributed by atoms with Crippen molar-refractivity contribution in [2.45, 2.75) is 369 Å². The monoisotopic (exact) mass is 1310 g/mol. The maximum Gasteiger partial charge on any atom is 0.472 e. The predicted molar refractivity (Wildman–Crippen MR) is 358 cm³/mol. The SMILES string of the molecule is CCCCCCCCCCCCCC(=O)O[C@H](COC(=O)CCCCCCCCC(C)C)COP(=O)(O)OC[C@H](O)COP(=O)(O)OC[C@@H](COC(=O)CCCCCCCCCCCCC(C)CC)OC(=O)CCCCCCCCCCCCCCC(C)C. The molecule has 0 saturated heterocycles. The van der Waals surface area contributed by atoms with Crippen molar-refractivity contribution in [1.29, 1.82) is 0 Å². The summed E-state index contributed by atoms with van der Waals surface area (Å²) in [4.78, 5) is 72.5. The Bertz CT molecular complexity index is 1750.